The standard InChI is InChI=1S/C18H24N2O2/c1-18(2,3)14-11-15(13-19-12-14)20-16-7-5-6-8-17(16)22-10-9-21-4/h5-8,11-13,20H,9-10H2,1-4H3. The molecule has 22 heavy (non-hydrogen) atoms. The van der Waals surface area contributed by atoms with Crippen molar-refractivity contribution in [3.8, 4) is 5.75 Å². The molecule has 0 spiro atoms. The maximum absolute atomic E-state index is 5.74. The van der Waals surface area contributed by atoms with E-state index in [9.17, 15) is 0 Å². The molecule has 0 aliphatic heterocycles. The van der Waals surface area contributed by atoms with Gasteiger partial charge in [0.15, 0.2) is 0 Å². The van der Waals surface area contributed by atoms with Crippen LogP contribution in [0.4, 0.5) is 11.4 Å². The lowest BCUT2D eigenvalue weighted by Crippen LogP contribution is -2.11. The third-order valence-corrected chi connectivity index (χ3v) is 3.32. The summed E-state index contributed by atoms with van der Waals surface area (Å²) in [7, 11) is 1.66. The van der Waals surface area contributed by atoms with Crippen molar-refractivity contribution in [2.75, 3.05) is 25.6 Å². The molecule has 4 heteroatoms. The molecule has 1 aromatic carbocycles. The normalized spacial score (nSPS) is 11.3. The van der Waals surface area contributed by atoms with Gasteiger partial charge < -0.3 is 14.8 Å². The van der Waals surface area contributed by atoms with Gasteiger partial charge in [0, 0.05) is 13.3 Å². The molecular weight excluding hydrogens is 276 g/mol. The number of methoxy groups -OCH3 is 1. The molecule has 0 aliphatic rings. The van der Waals surface area contributed by atoms with Gasteiger partial charge in [0.1, 0.15) is 12.4 Å². The minimum absolute atomic E-state index is 0.0686. The number of para-hydroxylation sites is 2. The Morgan fingerprint density at radius 2 is 1.86 bits per heavy atom. The number of rotatable bonds is 6. The van der Waals surface area contributed by atoms with E-state index in [0.29, 0.717) is 13.2 Å². The van der Waals surface area contributed by atoms with E-state index < -0.39 is 0 Å². The molecule has 0 radical (unpaired) electrons. The highest BCUT2D eigenvalue weighted by molar-refractivity contribution is 5.66. The van der Waals surface area contributed by atoms with Crippen LogP contribution >= 0.6 is 0 Å². The van der Waals surface area contributed by atoms with Crippen LogP contribution in [0.2, 0.25) is 0 Å². The molecule has 118 valence electrons. The molecule has 1 N–H and O–H groups in total. The van der Waals surface area contributed by atoms with Crippen LogP contribution < -0.4 is 10.1 Å². The molecule has 0 fully saturated rings. The Hall–Kier alpha value is -2.07. The second kappa shape index (κ2) is 7.27. The molecule has 1 aromatic heterocycles. The predicted molar refractivity (Wildman–Crippen MR) is 90.0 cm³/mol. The highest BCUT2D eigenvalue weighted by Gasteiger charge is 2.14. The quantitative estimate of drug-likeness (QED) is 0.814. The number of nitrogens with one attached hydrogen (secondary N) is 1. The van der Waals surface area contributed by atoms with Crippen LogP contribution in [-0.2, 0) is 10.2 Å². The molecule has 0 unspecified atom stereocenters. The summed E-state index contributed by atoms with van der Waals surface area (Å²) < 4.78 is 10.8. The predicted octanol–water partition coefficient (Wildman–Crippen LogP) is 4.15. The van der Waals surface area contributed by atoms with Crippen LogP contribution in [0.25, 0.3) is 0 Å². The third kappa shape index (κ3) is 4.46. The maximum Gasteiger partial charge on any atom is 0.142 e. The fourth-order valence-electron chi connectivity index (χ4n) is 2.00. The lowest BCUT2D eigenvalue weighted by atomic mass is 9.88. The first-order chi connectivity index (χ1) is 10.5. The maximum atomic E-state index is 5.74. The van der Waals surface area contributed by atoms with E-state index in [-0.39, 0.29) is 5.41 Å². The zero-order chi connectivity index (χ0) is 16.0. The van der Waals surface area contributed by atoms with Crippen molar-refractivity contribution in [1.29, 1.82) is 0 Å². The van der Waals surface area contributed by atoms with Gasteiger partial charge in [-0.3, -0.25) is 4.98 Å². The van der Waals surface area contributed by atoms with E-state index in [4.69, 9.17) is 9.47 Å². The smallest absolute Gasteiger partial charge is 0.142 e. The van der Waals surface area contributed by atoms with Crippen LogP contribution in [0, 0.1) is 0 Å². The van der Waals surface area contributed by atoms with Gasteiger partial charge in [0.25, 0.3) is 0 Å². The van der Waals surface area contributed by atoms with Crippen LogP contribution in [0.3, 0.4) is 0 Å². The molecule has 0 amide bonds. The molecular formula is C18H24N2O2. The van der Waals surface area contributed by atoms with E-state index in [0.717, 1.165) is 17.1 Å². The van der Waals surface area contributed by atoms with Crippen LogP contribution in [0.5, 0.6) is 5.75 Å². The molecule has 2 aromatic rings. The van der Waals surface area contributed by atoms with Crippen molar-refractivity contribution < 1.29 is 9.47 Å². The molecule has 2 rings (SSSR count). The average Bonchev–Trinajstić information content (AvgIpc) is 2.49. The highest BCUT2D eigenvalue weighted by Crippen LogP contribution is 2.29. The summed E-state index contributed by atoms with van der Waals surface area (Å²) in [4.78, 5) is 4.33. The molecule has 1 heterocycles. The molecule has 4 nitrogen and oxygen atoms in total. The molecule has 0 atom stereocenters. The van der Waals surface area contributed by atoms with E-state index >= 15 is 0 Å². The van der Waals surface area contributed by atoms with Crippen molar-refractivity contribution in [3.05, 3.63) is 48.3 Å². The van der Waals surface area contributed by atoms with Crippen molar-refractivity contribution in [3.63, 3.8) is 0 Å². The number of hydrogen-bond donors (Lipinski definition) is 1. The van der Waals surface area contributed by atoms with Crippen LogP contribution in [0.15, 0.2) is 42.7 Å². The summed E-state index contributed by atoms with van der Waals surface area (Å²) >= 11 is 0. The molecule has 0 bridgehead atoms. The highest BCUT2D eigenvalue weighted by atomic mass is 16.5. The van der Waals surface area contributed by atoms with E-state index in [1.165, 1.54) is 5.56 Å². The summed E-state index contributed by atoms with van der Waals surface area (Å²) in [5.41, 5.74) is 3.14. The van der Waals surface area contributed by atoms with Crippen molar-refractivity contribution in [1.82, 2.24) is 4.98 Å². The zero-order valence-corrected chi connectivity index (χ0v) is 13.7. The summed E-state index contributed by atoms with van der Waals surface area (Å²) in [5, 5.41) is 3.38. The Bertz CT molecular complexity index is 606. The van der Waals surface area contributed by atoms with Gasteiger partial charge in [-0.1, -0.05) is 32.9 Å². The van der Waals surface area contributed by atoms with Gasteiger partial charge in [-0.25, -0.2) is 0 Å². The summed E-state index contributed by atoms with van der Waals surface area (Å²) in [6.07, 6.45) is 3.73. The minimum Gasteiger partial charge on any atom is -0.489 e. The Morgan fingerprint density at radius 3 is 2.59 bits per heavy atom. The minimum atomic E-state index is 0.0686. The Kier molecular flexibility index (Phi) is 5.39. The fraction of sp³-hybridized carbons (Fsp3) is 0.389. The zero-order valence-electron chi connectivity index (χ0n) is 13.7. The van der Waals surface area contributed by atoms with E-state index in [2.05, 4.69) is 37.1 Å². The van der Waals surface area contributed by atoms with Gasteiger partial charge in [0.2, 0.25) is 0 Å². The van der Waals surface area contributed by atoms with Crippen LogP contribution in [-0.4, -0.2) is 25.3 Å². The Morgan fingerprint density at radius 1 is 1.09 bits per heavy atom. The summed E-state index contributed by atoms with van der Waals surface area (Å²) in [6, 6.07) is 9.99. The van der Waals surface area contributed by atoms with Gasteiger partial charge in [-0.2, -0.15) is 0 Å². The third-order valence-electron chi connectivity index (χ3n) is 3.32. The Labute approximate surface area is 132 Å². The average molecular weight is 300 g/mol. The molecule has 0 aliphatic carbocycles. The van der Waals surface area contributed by atoms with E-state index in [1.807, 2.05) is 36.7 Å². The number of aromatic nitrogens is 1. The lowest BCUT2D eigenvalue weighted by Gasteiger charge is -2.20. The van der Waals surface area contributed by atoms with Gasteiger partial charge in [0.05, 0.1) is 24.2 Å². The summed E-state index contributed by atoms with van der Waals surface area (Å²) in [5.74, 6) is 0.806. The monoisotopic (exact) mass is 300 g/mol. The second-order valence-corrected chi connectivity index (χ2v) is 6.17. The Balaban J connectivity index is 2.17. The number of ether oxygens (including phenoxy) is 2. The number of hydrogen-bond acceptors (Lipinski definition) is 4. The van der Waals surface area contributed by atoms with Gasteiger partial charge in [-0.15, -0.1) is 0 Å². The first-order valence-electron chi connectivity index (χ1n) is 7.44. The largest absolute Gasteiger partial charge is 0.489 e. The molecule has 0 saturated heterocycles. The van der Waals surface area contributed by atoms with Crippen molar-refractivity contribution >= 4 is 11.4 Å². The number of nitrogens with zero attached hydrogens (tertiary/aromatic N) is 1. The molecule has 0 saturated carbocycles. The first kappa shape index (κ1) is 16.3. The number of pyridine rings is 1. The summed E-state index contributed by atoms with van der Waals surface area (Å²) in [6.45, 7) is 7.62. The van der Waals surface area contributed by atoms with Gasteiger partial charge in [-0.05, 0) is 29.2 Å². The van der Waals surface area contributed by atoms with E-state index in [1.54, 1.807) is 7.11 Å². The topological polar surface area (TPSA) is 43.4 Å². The fourth-order valence-corrected chi connectivity index (χ4v) is 2.00. The number of benzene rings is 1. The SMILES string of the molecule is COCCOc1ccccc1Nc1cncc(C(C)(C)C)c1. The number of anilines is 2. The second-order valence-electron chi connectivity index (χ2n) is 6.17. The van der Waals surface area contributed by atoms with Gasteiger partial charge >= 0.3 is 0 Å². The van der Waals surface area contributed by atoms with Crippen molar-refractivity contribution in [2.45, 2.75) is 26.2 Å². The first-order valence-corrected chi connectivity index (χ1v) is 7.44. The van der Waals surface area contributed by atoms with Crippen molar-refractivity contribution in [2.24, 2.45) is 0 Å². The lowest BCUT2D eigenvalue weighted by molar-refractivity contribution is 0.146. The van der Waals surface area contributed by atoms with Crippen LogP contribution in [0.1, 0.15) is 26.3 Å².